The van der Waals surface area contributed by atoms with Gasteiger partial charge in [0.25, 0.3) is 20.0 Å². The number of nitrogens with zero attached hydrogens (tertiary/aromatic N) is 2. The summed E-state index contributed by atoms with van der Waals surface area (Å²) in [6.45, 7) is 27.7. The number of hydrazone groups is 2. The maximum absolute atomic E-state index is 12.1. The largest absolute Gasteiger partial charge is 0.488 e. The first-order valence-corrected chi connectivity index (χ1v) is 41.7. The third-order valence-corrected chi connectivity index (χ3v) is 20.6. The first-order chi connectivity index (χ1) is 56.0. The number of carbonyl (C=O) groups excluding carboxylic acids is 13. The van der Waals surface area contributed by atoms with E-state index in [2.05, 4.69) is 26.4 Å². The van der Waals surface area contributed by atoms with Crippen LogP contribution >= 0.6 is 22.7 Å². The van der Waals surface area contributed by atoms with Crippen LogP contribution in [0.1, 0.15) is 203 Å². The molecule has 3 heterocycles. The van der Waals surface area contributed by atoms with Gasteiger partial charge in [0.05, 0.1) is 32.8 Å². The number of Topliss-reactive ketones (excluding diaryl/α,β-unsaturated/α-hetero) is 13. The molecule has 2 aliphatic rings. The average molecular weight is 1720 g/mol. The number of para-hydroxylation sites is 2. The second-order valence-corrected chi connectivity index (χ2v) is 32.3. The van der Waals surface area contributed by atoms with E-state index in [9.17, 15) is 79.2 Å². The summed E-state index contributed by atoms with van der Waals surface area (Å²) < 4.78 is 90.7. The fourth-order valence-electron chi connectivity index (χ4n) is 9.41. The highest BCUT2D eigenvalue weighted by Crippen LogP contribution is 2.44. The Kier molecular flexibility index (Phi) is 44.4. The van der Waals surface area contributed by atoms with Crippen LogP contribution in [0.25, 0.3) is 5.57 Å². The molecular formula is C86H102N4O25S4. The SMILES string of the molecule is C=C(C)c1ccc(S(=O)(=O)N/N=C(\C)CCCC(C)=O)cc1.CC(=O)COc1ccc(OCC(C)=O)cc1.CC(=O)COc1cccc(OCC(C)=O)c1.CC(=O)COc1ccccc1OCC(C)=O.CC(=O)c1ccc(C(C)=O)s1.CC(=O)c1ccc(S(=O)(=O)N/N=C2\CCC(C(C)=O)C2)cc1.CC(=O)c1sc(C(C)=O)c2c1OCCCO2. The van der Waals surface area contributed by atoms with Crippen molar-refractivity contribution in [2.24, 2.45) is 16.1 Å². The number of ether oxygens (including phenoxy) is 8. The van der Waals surface area contributed by atoms with E-state index in [1.54, 1.807) is 104 Å². The van der Waals surface area contributed by atoms with Gasteiger partial charge in [0.15, 0.2) is 86.6 Å². The van der Waals surface area contributed by atoms with Gasteiger partial charge in [0, 0.05) is 55.7 Å². The number of sulfonamides is 2. The van der Waals surface area contributed by atoms with E-state index in [-0.39, 0.29) is 131 Å². The Hall–Kier alpha value is -11.8. The summed E-state index contributed by atoms with van der Waals surface area (Å²) in [6, 6.07) is 36.0. The number of fused-ring (bicyclic) bond motifs is 1. The van der Waals surface area contributed by atoms with Crippen molar-refractivity contribution in [1.29, 1.82) is 0 Å². The zero-order valence-electron chi connectivity index (χ0n) is 69.3. The van der Waals surface area contributed by atoms with E-state index in [1.807, 2.05) is 6.92 Å². The fraction of sp³-hybridized carbons (Fsp3) is 0.360. The van der Waals surface area contributed by atoms with Crippen molar-refractivity contribution in [3.05, 3.63) is 171 Å². The number of carbonyl (C=O) groups is 13. The lowest BCUT2D eigenvalue weighted by Gasteiger charge is -2.10. The molecule has 0 spiro atoms. The standard InChI is InChI=1S/C16H22N2O3S.C15H18N2O4S.3C12H14O4.C11H12O4S.C8H8O2S/c1-12(2)15-8-10-16(11-9-15)22(20,21)18-17-13(3)6-5-7-14(4)19;1-10(18)12-4-7-15(8-5-12)22(20,21)17-16-14-6-3-13(9-14)11(2)19;1-9(13)7-15-11-3-5-12(6-4-11)16-8-10(2)14;1-9(13)7-15-11-4-3-5-12(6-11)16-8-10(2)14;1-9(13)7-15-11-5-3-4-6-12(11)16-8-10(2)14;1-6(12)10-8-9(11(16-10)7(2)13)15-5-3-4-14-8;1-5(9)7-3-4-8(11-7)6(2)10/h8-11,18H,1,5-7H2,2-4H3;4-5,7-8,13,17H,3,6,9H2,1-2H3;3*3-6H,7-8H2,1-2H3;3-5H2,1-2H3;3-4H,1-2H3/b17-13+;16-14+;;;;;. The van der Waals surface area contributed by atoms with Gasteiger partial charge in [-0.1, -0.05) is 54.6 Å². The van der Waals surface area contributed by atoms with Gasteiger partial charge in [-0.05, 0) is 213 Å². The second-order valence-electron chi connectivity index (χ2n) is 26.9. The van der Waals surface area contributed by atoms with Gasteiger partial charge in [0.2, 0.25) is 0 Å². The summed E-state index contributed by atoms with van der Waals surface area (Å²) in [5.41, 5.74) is 3.54. The number of hydrogen-bond donors (Lipinski definition) is 2. The maximum atomic E-state index is 12.1. The molecule has 29 nitrogen and oxygen atoms in total. The van der Waals surface area contributed by atoms with Crippen LogP contribution < -0.4 is 47.6 Å². The van der Waals surface area contributed by atoms with Gasteiger partial charge in [-0.15, -0.1) is 22.7 Å². The lowest BCUT2D eigenvalue weighted by molar-refractivity contribution is -0.121. The monoisotopic (exact) mass is 1720 g/mol. The van der Waals surface area contributed by atoms with Gasteiger partial charge in [-0.2, -0.15) is 27.0 Å². The molecule has 0 amide bonds. The lowest BCUT2D eigenvalue weighted by atomic mass is 10.0. The summed E-state index contributed by atoms with van der Waals surface area (Å²) >= 11 is 2.40. The normalized spacial score (nSPS) is 12.6. The van der Waals surface area contributed by atoms with Crippen LogP contribution in [0.3, 0.4) is 0 Å². The molecular weight excluding hydrogens is 1620 g/mol. The lowest BCUT2D eigenvalue weighted by Crippen LogP contribution is -2.20. The highest BCUT2D eigenvalue weighted by molar-refractivity contribution is 7.89. The molecule has 2 aromatic heterocycles. The summed E-state index contributed by atoms with van der Waals surface area (Å²) in [5, 5.41) is 7.80. The predicted octanol–water partition coefficient (Wildman–Crippen LogP) is 14.4. The summed E-state index contributed by atoms with van der Waals surface area (Å²) in [5.74, 6) is 3.72. The minimum atomic E-state index is -3.76. The number of allylic oxidation sites excluding steroid dienone is 1. The van der Waals surface area contributed by atoms with E-state index in [4.69, 9.17) is 37.9 Å². The van der Waals surface area contributed by atoms with E-state index < -0.39 is 20.0 Å². The minimum Gasteiger partial charge on any atom is -0.488 e. The number of ketones is 13. The highest BCUT2D eigenvalue weighted by Gasteiger charge is 2.28. The molecule has 640 valence electrons. The zero-order valence-corrected chi connectivity index (χ0v) is 72.6. The minimum absolute atomic E-state index is 0.000441. The van der Waals surface area contributed by atoms with Gasteiger partial charge in [-0.3, -0.25) is 57.5 Å². The van der Waals surface area contributed by atoms with E-state index in [0.29, 0.717) is 134 Å². The molecule has 1 unspecified atom stereocenters. The fourth-order valence-corrected chi connectivity index (χ4v) is 12.9. The van der Waals surface area contributed by atoms with Crippen LogP contribution in [-0.4, -0.2) is 156 Å². The first kappa shape index (κ1) is 101. The Morgan fingerprint density at radius 3 is 1.18 bits per heavy atom. The van der Waals surface area contributed by atoms with Crippen LogP contribution in [0.2, 0.25) is 0 Å². The van der Waals surface area contributed by atoms with Crippen molar-refractivity contribution in [2.45, 2.75) is 159 Å². The van der Waals surface area contributed by atoms with Gasteiger partial charge >= 0.3 is 0 Å². The molecule has 0 radical (unpaired) electrons. The van der Waals surface area contributed by atoms with Gasteiger partial charge in [-0.25, -0.2) is 9.66 Å². The Labute approximate surface area is 701 Å². The topological polar surface area (TPSA) is 413 Å². The molecule has 2 N–H and O–H groups in total. The van der Waals surface area contributed by atoms with Crippen molar-refractivity contribution in [2.75, 3.05) is 52.9 Å². The van der Waals surface area contributed by atoms with Gasteiger partial charge in [0.1, 0.15) is 84.0 Å². The Balaban J connectivity index is 0.000000362. The smallest absolute Gasteiger partial charge is 0.276 e. The van der Waals surface area contributed by atoms with Crippen LogP contribution in [0.15, 0.2) is 160 Å². The van der Waals surface area contributed by atoms with Crippen LogP contribution in [-0.2, 0) is 58.4 Å². The Morgan fingerprint density at radius 2 is 0.824 bits per heavy atom. The quantitative estimate of drug-likeness (QED) is 0.0212. The van der Waals surface area contributed by atoms with Gasteiger partial charge < -0.3 is 42.7 Å². The number of rotatable bonds is 35. The summed E-state index contributed by atoms with van der Waals surface area (Å²) in [4.78, 5) is 149. The molecule has 1 fully saturated rings. The van der Waals surface area contributed by atoms with Crippen LogP contribution in [0, 0.1) is 5.92 Å². The molecule has 119 heavy (non-hydrogen) atoms. The maximum Gasteiger partial charge on any atom is 0.276 e. The van der Waals surface area contributed by atoms with E-state index in [1.165, 1.54) is 138 Å². The zero-order chi connectivity index (χ0) is 89.1. The van der Waals surface area contributed by atoms with Crippen LogP contribution in [0.4, 0.5) is 0 Å². The average Bonchev–Trinajstić information content (AvgIpc) is 1.64. The molecule has 33 heteroatoms. The van der Waals surface area contributed by atoms with Crippen molar-refractivity contribution in [3.8, 4) is 46.0 Å². The van der Waals surface area contributed by atoms with Crippen molar-refractivity contribution in [3.63, 3.8) is 0 Å². The summed E-state index contributed by atoms with van der Waals surface area (Å²) in [6.07, 6.45) is 4.31. The van der Waals surface area contributed by atoms with Crippen molar-refractivity contribution < 1.29 is 117 Å². The molecule has 0 bridgehead atoms. The molecule has 5 aromatic carbocycles. The third-order valence-electron chi connectivity index (χ3n) is 15.5. The number of thiophene rings is 2. The van der Waals surface area contributed by atoms with E-state index >= 15 is 0 Å². The molecule has 1 aliphatic carbocycles. The molecule has 1 aliphatic heterocycles. The van der Waals surface area contributed by atoms with Crippen molar-refractivity contribution >= 4 is 135 Å². The molecule has 7 aromatic rings. The molecule has 9 rings (SSSR count). The number of hydrogen-bond acceptors (Lipinski definition) is 29. The highest BCUT2D eigenvalue weighted by atomic mass is 32.2. The van der Waals surface area contributed by atoms with Crippen molar-refractivity contribution in [1.82, 2.24) is 9.66 Å². The second kappa shape index (κ2) is 52.1. The number of benzene rings is 5. The Morgan fingerprint density at radius 1 is 0.429 bits per heavy atom. The van der Waals surface area contributed by atoms with E-state index in [0.717, 1.165) is 28.9 Å². The summed E-state index contributed by atoms with van der Waals surface area (Å²) in [7, 11) is -7.43. The predicted molar refractivity (Wildman–Crippen MR) is 452 cm³/mol. The molecule has 1 saturated carbocycles. The molecule has 0 saturated heterocycles. The number of nitrogens with one attached hydrogen (secondary N) is 2. The first-order valence-electron chi connectivity index (χ1n) is 37.1. The molecule has 1 atom stereocenters. The Bertz CT molecular complexity index is 4830. The van der Waals surface area contributed by atoms with Crippen LogP contribution in [0.5, 0.6) is 46.0 Å². The third kappa shape index (κ3) is 40.3.